The normalized spacial score (nSPS) is 11.2. The highest BCUT2D eigenvalue weighted by Gasteiger charge is 2.22. The van der Waals surface area contributed by atoms with Gasteiger partial charge in [0.25, 0.3) is 0 Å². The number of rotatable bonds is 5. The molecule has 0 aliphatic heterocycles. The third kappa shape index (κ3) is 3.02. The second kappa shape index (κ2) is 6.44. The summed E-state index contributed by atoms with van der Waals surface area (Å²) in [6.07, 6.45) is 0. The SMILES string of the molecule is Cc1ccc(CNc2c(-c3ccc(C(C)C)cc3)c(=O)c2=O)cc1. The second-order valence-corrected chi connectivity index (χ2v) is 6.52. The van der Waals surface area contributed by atoms with E-state index < -0.39 is 10.9 Å². The monoisotopic (exact) mass is 319 g/mol. The van der Waals surface area contributed by atoms with Crippen LogP contribution in [0.3, 0.4) is 0 Å². The van der Waals surface area contributed by atoms with Crippen LogP contribution in [0.5, 0.6) is 0 Å². The van der Waals surface area contributed by atoms with E-state index in [2.05, 4.69) is 19.2 Å². The van der Waals surface area contributed by atoms with E-state index in [4.69, 9.17) is 0 Å². The molecule has 122 valence electrons. The molecular weight excluding hydrogens is 298 g/mol. The van der Waals surface area contributed by atoms with Gasteiger partial charge >= 0.3 is 0 Å². The van der Waals surface area contributed by atoms with Crippen molar-refractivity contribution in [3.05, 3.63) is 85.7 Å². The summed E-state index contributed by atoms with van der Waals surface area (Å²) in [5.74, 6) is 0.436. The summed E-state index contributed by atoms with van der Waals surface area (Å²) in [7, 11) is 0. The minimum Gasteiger partial charge on any atom is -0.377 e. The number of aryl methyl sites for hydroxylation is 1. The van der Waals surface area contributed by atoms with Crippen molar-refractivity contribution in [3.63, 3.8) is 0 Å². The minimum atomic E-state index is -0.426. The zero-order valence-corrected chi connectivity index (χ0v) is 14.2. The summed E-state index contributed by atoms with van der Waals surface area (Å²) in [6.45, 7) is 6.82. The highest BCUT2D eigenvalue weighted by molar-refractivity contribution is 5.81. The first kappa shape index (κ1) is 16.2. The third-order valence-corrected chi connectivity index (χ3v) is 4.37. The Hall–Kier alpha value is -2.68. The van der Waals surface area contributed by atoms with Crippen molar-refractivity contribution in [1.82, 2.24) is 0 Å². The molecule has 0 spiro atoms. The minimum absolute atomic E-state index is 0.404. The van der Waals surface area contributed by atoms with E-state index >= 15 is 0 Å². The number of hydrogen-bond acceptors (Lipinski definition) is 3. The smallest absolute Gasteiger partial charge is 0.250 e. The summed E-state index contributed by atoms with van der Waals surface area (Å²) in [5.41, 5.74) is 4.39. The van der Waals surface area contributed by atoms with Crippen LogP contribution in [0.4, 0.5) is 5.69 Å². The molecule has 0 heterocycles. The topological polar surface area (TPSA) is 46.2 Å². The fraction of sp³-hybridized carbons (Fsp3) is 0.238. The summed E-state index contributed by atoms with van der Waals surface area (Å²) in [5, 5.41) is 3.13. The zero-order valence-electron chi connectivity index (χ0n) is 14.2. The first-order valence-corrected chi connectivity index (χ1v) is 8.20. The average molecular weight is 319 g/mol. The molecule has 3 aromatic rings. The van der Waals surface area contributed by atoms with Crippen LogP contribution in [-0.2, 0) is 6.54 Å². The molecule has 0 unspecified atom stereocenters. The highest BCUT2D eigenvalue weighted by Crippen LogP contribution is 2.26. The maximum absolute atomic E-state index is 12.0. The van der Waals surface area contributed by atoms with Crippen LogP contribution >= 0.6 is 0 Å². The average Bonchev–Trinajstić information content (AvgIpc) is 2.59. The molecule has 0 saturated heterocycles. The third-order valence-electron chi connectivity index (χ3n) is 4.37. The van der Waals surface area contributed by atoms with Gasteiger partial charge in [-0.3, -0.25) is 9.59 Å². The van der Waals surface area contributed by atoms with Crippen molar-refractivity contribution >= 4 is 5.69 Å². The molecule has 0 aliphatic carbocycles. The number of hydrogen-bond donors (Lipinski definition) is 1. The van der Waals surface area contributed by atoms with Gasteiger partial charge in [0.15, 0.2) is 0 Å². The Kier molecular flexibility index (Phi) is 4.34. The lowest BCUT2D eigenvalue weighted by atomic mass is 9.95. The van der Waals surface area contributed by atoms with E-state index in [0.29, 0.717) is 23.7 Å². The van der Waals surface area contributed by atoms with Crippen LogP contribution in [0, 0.1) is 6.92 Å². The number of anilines is 1. The van der Waals surface area contributed by atoms with Crippen LogP contribution in [0.25, 0.3) is 11.1 Å². The standard InChI is InChI=1S/C21H21NO2/c1-13(2)16-8-10-17(11-9-16)18-19(21(24)20(18)23)22-12-15-6-4-14(3)5-7-15/h4-11,13,22H,12H2,1-3H3. The highest BCUT2D eigenvalue weighted by atomic mass is 16.2. The molecule has 0 radical (unpaired) electrons. The van der Waals surface area contributed by atoms with Crippen molar-refractivity contribution in [2.75, 3.05) is 5.32 Å². The van der Waals surface area contributed by atoms with Gasteiger partial charge < -0.3 is 5.32 Å². The molecule has 0 aliphatic rings. The van der Waals surface area contributed by atoms with Crippen LogP contribution in [0.1, 0.15) is 36.5 Å². The molecule has 24 heavy (non-hydrogen) atoms. The van der Waals surface area contributed by atoms with E-state index in [0.717, 1.165) is 11.1 Å². The fourth-order valence-corrected chi connectivity index (χ4v) is 2.77. The molecule has 3 rings (SSSR count). The Morgan fingerprint density at radius 1 is 0.875 bits per heavy atom. The van der Waals surface area contributed by atoms with E-state index in [9.17, 15) is 9.59 Å². The quantitative estimate of drug-likeness (QED) is 0.723. The Bertz CT molecular complexity index is 912. The van der Waals surface area contributed by atoms with Crippen molar-refractivity contribution in [2.45, 2.75) is 33.2 Å². The second-order valence-electron chi connectivity index (χ2n) is 6.52. The van der Waals surface area contributed by atoms with Crippen LogP contribution in [0.15, 0.2) is 58.1 Å². The number of nitrogens with one attached hydrogen (secondary N) is 1. The predicted molar refractivity (Wildman–Crippen MR) is 99.4 cm³/mol. The Morgan fingerprint density at radius 2 is 1.50 bits per heavy atom. The van der Waals surface area contributed by atoms with Crippen LogP contribution in [-0.4, -0.2) is 0 Å². The summed E-state index contributed by atoms with van der Waals surface area (Å²) in [6, 6.07) is 16.0. The van der Waals surface area contributed by atoms with Crippen LogP contribution < -0.4 is 16.2 Å². The Morgan fingerprint density at radius 3 is 2.08 bits per heavy atom. The Balaban J connectivity index is 1.83. The maximum Gasteiger partial charge on any atom is 0.250 e. The molecule has 0 fully saturated rings. The molecular formula is C21H21NO2. The Labute approximate surface area is 141 Å². The molecule has 3 aromatic carbocycles. The van der Waals surface area contributed by atoms with Gasteiger partial charge in [-0.15, -0.1) is 0 Å². The van der Waals surface area contributed by atoms with E-state index in [-0.39, 0.29) is 0 Å². The molecule has 0 amide bonds. The summed E-state index contributed by atoms with van der Waals surface area (Å²) < 4.78 is 0. The van der Waals surface area contributed by atoms with Gasteiger partial charge in [-0.1, -0.05) is 67.9 Å². The number of benzene rings is 2. The zero-order chi connectivity index (χ0) is 17.3. The lowest BCUT2D eigenvalue weighted by Gasteiger charge is -2.14. The van der Waals surface area contributed by atoms with Gasteiger partial charge in [0.1, 0.15) is 0 Å². The molecule has 3 heteroatoms. The molecule has 1 N–H and O–H groups in total. The first-order chi connectivity index (χ1) is 11.5. The van der Waals surface area contributed by atoms with E-state index in [1.165, 1.54) is 11.1 Å². The van der Waals surface area contributed by atoms with Crippen molar-refractivity contribution in [3.8, 4) is 11.1 Å². The van der Waals surface area contributed by atoms with E-state index in [1.807, 2.05) is 55.5 Å². The lowest BCUT2D eigenvalue weighted by molar-refractivity contribution is 0.867. The maximum atomic E-state index is 12.0. The largest absolute Gasteiger partial charge is 0.377 e. The lowest BCUT2D eigenvalue weighted by Crippen LogP contribution is -2.36. The molecule has 0 aromatic heterocycles. The van der Waals surface area contributed by atoms with Crippen molar-refractivity contribution < 1.29 is 0 Å². The molecule has 0 bridgehead atoms. The fourth-order valence-electron chi connectivity index (χ4n) is 2.77. The van der Waals surface area contributed by atoms with Crippen LogP contribution in [0.2, 0.25) is 0 Å². The summed E-state index contributed by atoms with van der Waals surface area (Å²) >= 11 is 0. The van der Waals surface area contributed by atoms with Crippen molar-refractivity contribution in [2.24, 2.45) is 0 Å². The molecule has 3 nitrogen and oxygen atoms in total. The van der Waals surface area contributed by atoms with Gasteiger partial charge in [0.05, 0.1) is 11.3 Å². The van der Waals surface area contributed by atoms with Gasteiger partial charge in [-0.25, -0.2) is 0 Å². The molecule has 0 saturated carbocycles. The van der Waals surface area contributed by atoms with Crippen molar-refractivity contribution in [1.29, 1.82) is 0 Å². The van der Waals surface area contributed by atoms with Gasteiger partial charge in [-0.2, -0.15) is 0 Å². The predicted octanol–water partition coefficient (Wildman–Crippen LogP) is 3.99. The van der Waals surface area contributed by atoms with Gasteiger partial charge in [0.2, 0.25) is 10.9 Å². The van der Waals surface area contributed by atoms with E-state index in [1.54, 1.807) is 0 Å². The molecule has 0 atom stereocenters. The van der Waals surface area contributed by atoms with Gasteiger partial charge in [-0.05, 0) is 29.5 Å². The first-order valence-electron chi connectivity index (χ1n) is 8.20. The van der Waals surface area contributed by atoms with Gasteiger partial charge in [0, 0.05) is 6.54 Å². The summed E-state index contributed by atoms with van der Waals surface area (Å²) in [4.78, 5) is 23.9.